The van der Waals surface area contributed by atoms with Crippen LogP contribution < -0.4 is 5.32 Å². The Morgan fingerprint density at radius 3 is 2.25 bits per heavy atom. The second kappa shape index (κ2) is 7.34. The van der Waals surface area contributed by atoms with Gasteiger partial charge in [-0.05, 0) is 31.9 Å². The van der Waals surface area contributed by atoms with E-state index in [1.165, 1.54) is 0 Å². The van der Waals surface area contributed by atoms with E-state index in [-0.39, 0.29) is 23.9 Å². The Labute approximate surface area is 127 Å². The van der Waals surface area contributed by atoms with Crippen molar-refractivity contribution in [3.05, 3.63) is 0 Å². The quantitative estimate of drug-likeness (QED) is 0.785. The van der Waals surface area contributed by atoms with E-state index in [2.05, 4.69) is 12.2 Å². The van der Waals surface area contributed by atoms with Gasteiger partial charge in [0.2, 0.25) is 11.8 Å². The number of nitrogens with zero attached hydrogens (tertiary/aromatic N) is 1. The van der Waals surface area contributed by atoms with Crippen molar-refractivity contribution in [2.45, 2.75) is 71.0 Å². The lowest BCUT2D eigenvalue weighted by molar-refractivity contribution is -0.158. The third-order valence-corrected chi connectivity index (χ3v) is 5.18. The number of carbonyl (C=O) groups excluding carboxylic acids is 2. The Balaban J connectivity index is 3.18. The normalized spacial score (nSPS) is 23.6. The fourth-order valence-corrected chi connectivity index (χ4v) is 3.79. The number of nitrogens with one attached hydrogen (secondary N) is 1. The van der Waals surface area contributed by atoms with Gasteiger partial charge < -0.3 is 10.2 Å². The van der Waals surface area contributed by atoms with Crippen LogP contribution in [0.15, 0.2) is 0 Å². The molecular weight excluding hydrogens is 272 g/mol. The Bertz CT molecular complexity index is 356. The lowest BCUT2D eigenvalue weighted by Crippen LogP contribution is -2.71. The molecule has 1 N–H and O–H groups in total. The molecule has 0 spiro atoms. The van der Waals surface area contributed by atoms with Crippen molar-refractivity contribution in [1.82, 2.24) is 10.2 Å². The van der Waals surface area contributed by atoms with Crippen LogP contribution in [0.5, 0.6) is 0 Å². The van der Waals surface area contributed by atoms with Gasteiger partial charge in [0.25, 0.3) is 0 Å². The second-order valence-electron chi connectivity index (χ2n) is 5.43. The van der Waals surface area contributed by atoms with Gasteiger partial charge in [-0.2, -0.15) is 11.8 Å². The summed E-state index contributed by atoms with van der Waals surface area (Å²) in [6.45, 7) is 8.01. The number of carbonyl (C=O) groups is 2. The molecule has 1 saturated heterocycles. The molecule has 0 aromatic heterocycles. The van der Waals surface area contributed by atoms with Crippen molar-refractivity contribution in [3.63, 3.8) is 0 Å². The van der Waals surface area contributed by atoms with Crippen molar-refractivity contribution < 1.29 is 9.59 Å². The zero-order valence-corrected chi connectivity index (χ0v) is 14.2. The van der Waals surface area contributed by atoms with Gasteiger partial charge in [-0.3, -0.25) is 9.59 Å². The van der Waals surface area contributed by atoms with Crippen LogP contribution in [0.1, 0.15) is 53.4 Å². The molecule has 1 fully saturated rings. The van der Waals surface area contributed by atoms with E-state index < -0.39 is 5.54 Å². The minimum absolute atomic E-state index is 0.00959. The summed E-state index contributed by atoms with van der Waals surface area (Å²) in [4.78, 5) is 27.3. The molecule has 2 amide bonds. The standard InChI is InChI=1S/C15H28N2O2S/c1-6-11(10-20-5)17-12(7-2)13(18)16-15(8-3,9-4)14(17)19/h11-12H,6-10H2,1-5H3,(H,16,18). The number of amides is 2. The highest BCUT2D eigenvalue weighted by atomic mass is 32.2. The third kappa shape index (κ3) is 2.97. The van der Waals surface area contributed by atoms with E-state index in [4.69, 9.17) is 0 Å². The van der Waals surface area contributed by atoms with Gasteiger partial charge in [0.1, 0.15) is 11.6 Å². The third-order valence-electron chi connectivity index (χ3n) is 4.46. The highest BCUT2D eigenvalue weighted by molar-refractivity contribution is 7.98. The topological polar surface area (TPSA) is 49.4 Å². The van der Waals surface area contributed by atoms with Crippen molar-refractivity contribution in [2.75, 3.05) is 12.0 Å². The van der Waals surface area contributed by atoms with Gasteiger partial charge in [-0.25, -0.2) is 0 Å². The van der Waals surface area contributed by atoms with Crippen LogP contribution in [0, 0.1) is 0 Å². The van der Waals surface area contributed by atoms with E-state index in [0.29, 0.717) is 19.3 Å². The van der Waals surface area contributed by atoms with Crippen LogP contribution >= 0.6 is 11.8 Å². The summed E-state index contributed by atoms with van der Waals surface area (Å²) in [6.07, 6.45) is 4.91. The molecule has 0 radical (unpaired) electrons. The van der Waals surface area contributed by atoms with E-state index in [0.717, 1.165) is 12.2 Å². The van der Waals surface area contributed by atoms with Crippen molar-refractivity contribution >= 4 is 23.6 Å². The lowest BCUT2D eigenvalue weighted by Gasteiger charge is -2.48. The molecule has 0 aromatic rings. The summed E-state index contributed by atoms with van der Waals surface area (Å²) in [6, 6.07) is -0.170. The zero-order valence-electron chi connectivity index (χ0n) is 13.4. The molecule has 0 aliphatic carbocycles. The summed E-state index contributed by atoms with van der Waals surface area (Å²) in [5, 5.41) is 2.99. The second-order valence-corrected chi connectivity index (χ2v) is 6.34. The Hall–Kier alpha value is -0.710. The predicted octanol–water partition coefficient (Wildman–Crippen LogP) is 2.42. The van der Waals surface area contributed by atoms with Gasteiger partial charge in [-0.1, -0.05) is 27.7 Å². The number of thioether (sulfide) groups is 1. The molecule has 1 rings (SSSR count). The van der Waals surface area contributed by atoms with Crippen LogP contribution in [-0.2, 0) is 9.59 Å². The van der Waals surface area contributed by atoms with Crippen molar-refractivity contribution in [1.29, 1.82) is 0 Å². The highest BCUT2D eigenvalue weighted by Crippen LogP contribution is 2.29. The Kier molecular flexibility index (Phi) is 6.37. The molecule has 2 unspecified atom stereocenters. The summed E-state index contributed by atoms with van der Waals surface area (Å²) in [5.41, 5.74) is -0.700. The molecule has 1 aliphatic rings. The summed E-state index contributed by atoms with van der Waals surface area (Å²) < 4.78 is 0. The molecule has 1 aliphatic heterocycles. The maximum Gasteiger partial charge on any atom is 0.249 e. The van der Waals surface area contributed by atoms with Gasteiger partial charge >= 0.3 is 0 Å². The number of hydrogen-bond donors (Lipinski definition) is 1. The molecule has 0 aromatic carbocycles. The Morgan fingerprint density at radius 1 is 1.25 bits per heavy atom. The first-order valence-corrected chi connectivity index (χ1v) is 9.04. The van der Waals surface area contributed by atoms with Crippen LogP contribution in [0.25, 0.3) is 0 Å². The van der Waals surface area contributed by atoms with E-state index in [1.807, 2.05) is 31.9 Å². The van der Waals surface area contributed by atoms with Gasteiger partial charge in [-0.15, -0.1) is 0 Å². The maximum absolute atomic E-state index is 13.0. The fourth-order valence-electron chi connectivity index (χ4n) is 3.01. The van der Waals surface area contributed by atoms with Gasteiger partial charge in [0.15, 0.2) is 0 Å². The molecular formula is C15H28N2O2S. The summed E-state index contributed by atoms with van der Waals surface area (Å²) >= 11 is 1.73. The number of rotatable bonds is 7. The van der Waals surface area contributed by atoms with Crippen LogP contribution in [-0.4, -0.2) is 46.3 Å². The van der Waals surface area contributed by atoms with Crippen molar-refractivity contribution in [2.24, 2.45) is 0 Å². The fraction of sp³-hybridized carbons (Fsp3) is 0.867. The maximum atomic E-state index is 13.0. The minimum Gasteiger partial charge on any atom is -0.340 e. The van der Waals surface area contributed by atoms with Gasteiger partial charge in [0, 0.05) is 11.8 Å². The molecule has 116 valence electrons. The van der Waals surface area contributed by atoms with E-state index in [9.17, 15) is 9.59 Å². The molecule has 2 atom stereocenters. The average Bonchev–Trinajstić information content (AvgIpc) is 2.46. The monoisotopic (exact) mass is 300 g/mol. The molecule has 20 heavy (non-hydrogen) atoms. The molecule has 0 bridgehead atoms. The SMILES string of the molecule is CCC(CSC)N1C(=O)C(CC)(CC)NC(=O)C1CC. The Morgan fingerprint density at radius 2 is 1.85 bits per heavy atom. The molecule has 4 nitrogen and oxygen atoms in total. The van der Waals surface area contributed by atoms with E-state index >= 15 is 0 Å². The minimum atomic E-state index is -0.700. The average molecular weight is 300 g/mol. The van der Waals surface area contributed by atoms with Gasteiger partial charge in [0.05, 0.1) is 0 Å². The lowest BCUT2D eigenvalue weighted by atomic mass is 9.85. The first-order valence-electron chi connectivity index (χ1n) is 7.64. The molecule has 0 saturated carbocycles. The van der Waals surface area contributed by atoms with Crippen LogP contribution in [0.2, 0.25) is 0 Å². The summed E-state index contributed by atoms with van der Waals surface area (Å²) in [5.74, 6) is 1.00. The smallest absolute Gasteiger partial charge is 0.249 e. The largest absolute Gasteiger partial charge is 0.340 e. The van der Waals surface area contributed by atoms with Crippen LogP contribution in [0.4, 0.5) is 0 Å². The zero-order chi connectivity index (χ0) is 15.3. The summed E-state index contributed by atoms with van der Waals surface area (Å²) in [7, 11) is 0. The van der Waals surface area contributed by atoms with E-state index in [1.54, 1.807) is 11.8 Å². The van der Waals surface area contributed by atoms with Crippen molar-refractivity contribution in [3.8, 4) is 0 Å². The molecule has 5 heteroatoms. The number of piperazine rings is 1. The number of hydrogen-bond acceptors (Lipinski definition) is 3. The molecule has 1 heterocycles. The predicted molar refractivity (Wildman–Crippen MR) is 84.8 cm³/mol. The highest BCUT2D eigenvalue weighted by Gasteiger charge is 2.49. The first-order chi connectivity index (χ1) is 9.51. The van der Waals surface area contributed by atoms with Crippen LogP contribution in [0.3, 0.4) is 0 Å². The first kappa shape index (κ1) is 17.3.